The number of thiophene rings is 1. The summed E-state index contributed by atoms with van der Waals surface area (Å²) in [6.07, 6.45) is 3.54. The predicted octanol–water partition coefficient (Wildman–Crippen LogP) is 3.46. The largest absolute Gasteiger partial charge is 0.381 e. The van der Waals surface area contributed by atoms with E-state index in [1.807, 2.05) is 11.3 Å². The lowest BCUT2D eigenvalue weighted by Crippen LogP contribution is -2.40. The van der Waals surface area contributed by atoms with Crippen molar-refractivity contribution in [3.63, 3.8) is 0 Å². The zero-order chi connectivity index (χ0) is 12.1. The van der Waals surface area contributed by atoms with E-state index in [9.17, 15) is 0 Å². The quantitative estimate of drug-likeness (QED) is 0.898. The second-order valence-corrected chi connectivity index (χ2v) is 6.46. The first-order valence-corrected chi connectivity index (χ1v) is 8.01. The second-order valence-electron chi connectivity index (χ2n) is 4.55. The third kappa shape index (κ3) is 4.05. The Bertz CT molecular complexity index is 336. The third-order valence-corrected chi connectivity index (χ3v) is 5.06. The lowest BCUT2D eigenvalue weighted by atomic mass is 9.89. The molecule has 17 heavy (non-hydrogen) atoms. The van der Waals surface area contributed by atoms with Gasteiger partial charge in [0.15, 0.2) is 0 Å². The molecule has 0 amide bonds. The molecule has 1 N–H and O–H groups in total. The monoisotopic (exact) mass is 317 g/mol. The molecule has 2 heterocycles. The van der Waals surface area contributed by atoms with Crippen LogP contribution in [0.5, 0.6) is 0 Å². The molecule has 1 aliphatic heterocycles. The standard InChI is InChI=1S/C13H20BrNOS/c1-2-15-13(10-3-5-16-6-4-10)8-12-7-11(14)9-17-12/h7,9-10,13,15H,2-6,8H2,1H3. The van der Waals surface area contributed by atoms with Gasteiger partial charge in [-0.15, -0.1) is 11.3 Å². The molecule has 1 saturated heterocycles. The van der Waals surface area contributed by atoms with Crippen molar-refractivity contribution >= 4 is 27.3 Å². The highest BCUT2D eigenvalue weighted by molar-refractivity contribution is 9.10. The zero-order valence-corrected chi connectivity index (χ0v) is 12.6. The highest BCUT2D eigenvalue weighted by Crippen LogP contribution is 2.26. The van der Waals surface area contributed by atoms with Crippen LogP contribution in [0.25, 0.3) is 0 Å². The number of halogens is 1. The minimum absolute atomic E-state index is 0.606. The van der Waals surface area contributed by atoms with E-state index in [0.717, 1.165) is 32.1 Å². The maximum absolute atomic E-state index is 5.45. The van der Waals surface area contributed by atoms with E-state index >= 15 is 0 Å². The first-order valence-electron chi connectivity index (χ1n) is 6.33. The summed E-state index contributed by atoms with van der Waals surface area (Å²) in [5.41, 5.74) is 0. The smallest absolute Gasteiger partial charge is 0.0469 e. The van der Waals surface area contributed by atoms with Crippen LogP contribution in [0.15, 0.2) is 15.9 Å². The average molecular weight is 318 g/mol. The number of hydrogen-bond acceptors (Lipinski definition) is 3. The van der Waals surface area contributed by atoms with E-state index in [1.165, 1.54) is 22.2 Å². The molecule has 1 aromatic heterocycles. The van der Waals surface area contributed by atoms with Crippen LogP contribution < -0.4 is 5.32 Å². The highest BCUT2D eigenvalue weighted by Gasteiger charge is 2.23. The van der Waals surface area contributed by atoms with Gasteiger partial charge in [-0.25, -0.2) is 0 Å². The molecule has 0 aromatic carbocycles. The maximum atomic E-state index is 5.45. The van der Waals surface area contributed by atoms with Gasteiger partial charge in [0.1, 0.15) is 0 Å². The van der Waals surface area contributed by atoms with Crippen molar-refractivity contribution in [2.75, 3.05) is 19.8 Å². The molecule has 0 radical (unpaired) electrons. The van der Waals surface area contributed by atoms with Gasteiger partial charge >= 0.3 is 0 Å². The summed E-state index contributed by atoms with van der Waals surface area (Å²) < 4.78 is 6.66. The fraction of sp³-hybridized carbons (Fsp3) is 0.692. The number of rotatable bonds is 5. The lowest BCUT2D eigenvalue weighted by molar-refractivity contribution is 0.0541. The van der Waals surface area contributed by atoms with Crippen molar-refractivity contribution in [3.05, 3.63) is 20.8 Å². The molecule has 0 bridgehead atoms. The highest BCUT2D eigenvalue weighted by atomic mass is 79.9. The van der Waals surface area contributed by atoms with Gasteiger partial charge in [0.05, 0.1) is 0 Å². The third-order valence-electron chi connectivity index (χ3n) is 3.34. The Kier molecular flexibility index (Phi) is 5.48. The van der Waals surface area contributed by atoms with Crippen LogP contribution in [0.2, 0.25) is 0 Å². The molecule has 1 atom stereocenters. The van der Waals surface area contributed by atoms with Crippen LogP contribution in [0.1, 0.15) is 24.6 Å². The van der Waals surface area contributed by atoms with Gasteiger partial charge in [0, 0.05) is 34.0 Å². The van der Waals surface area contributed by atoms with Crippen LogP contribution in [0.3, 0.4) is 0 Å². The summed E-state index contributed by atoms with van der Waals surface area (Å²) in [5.74, 6) is 0.768. The van der Waals surface area contributed by atoms with Crippen LogP contribution in [0.4, 0.5) is 0 Å². The number of ether oxygens (including phenoxy) is 1. The Morgan fingerprint density at radius 3 is 2.88 bits per heavy atom. The van der Waals surface area contributed by atoms with Gasteiger partial charge in [-0.2, -0.15) is 0 Å². The van der Waals surface area contributed by atoms with Crippen molar-refractivity contribution < 1.29 is 4.74 Å². The molecular weight excluding hydrogens is 298 g/mol. The van der Waals surface area contributed by atoms with Gasteiger partial charge in [0.2, 0.25) is 0 Å². The molecule has 2 nitrogen and oxygen atoms in total. The fourth-order valence-corrected chi connectivity index (χ4v) is 3.97. The number of nitrogens with one attached hydrogen (secondary N) is 1. The maximum Gasteiger partial charge on any atom is 0.0469 e. The van der Waals surface area contributed by atoms with E-state index in [1.54, 1.807) is 0 Å². The molecule has 0 aliphatic carbocycles. The van der Waals surface area contributed by atoms with Crippen molar-refractivity contribution in [1.29, 1.82) is 0 Å². The van der Waals surface area contributed by atoms with Crippen molar-refractivity contribution in [1.82, 2.24) is 5.32 Å². The summed E-state index contributed by atoms with van der Waals surface area (Å²) in [6, 6.07) is 2.85. The summed E-state index contributed by atoms with van der Waals surface area (Å²) in [6.45, 7) is 5.10. The molecule has 0 saturated carbocycles. The summed E-state index contributed by atoms with van der Waals surface area (Å²) in [4.78, 5) is 1.47. The molecule has 96 valence electrons. The fourth-order valence-electron chi connectivity index (χ4n) is 2.46. The summed E-state index contributed by atoms with van der Waals surface area (Å²) >= 11 is 5.38. The number of hydrogen-bond donors (Lipinski definition) is 1. The van der Waals surface area contributed by atoms with Crippen molar-refractivity contribution in [3.8, 4) is 0 Å². The molecule has 1 unspecified atom stereocenters. The Labute approximate surface area is 116 Å². The minimum Gasteiger partial charge on any atom is -0.381 e. The molecule has 1 fully saturated rings. The Hall–Kier alpha value is 0.1000. The molecule has 1 aromatic rings. The molecule has 4 heteroatoms. The number of likely N-dealkylation sites (N-methyl/N-ethyl adjacent to an activating group) is 1. The SMILES string of the molecule is CCNC(Cc1cc(Br)cs1)C1CCOCC1. The first kappa shape index (κ1) is 13.5. The minimum atomic E-state index is 0.606. The van der Waals surface area contributed by atoms with E-state index in [-0.39, 0.29) is 0 Å². The average Bonchev–Trinajstić information content (AvgIpc) is 2.75. The Balaban J connectivity index is 1.95. The predicted molar refractivity (Wildman–Crippen MR) is 76.7 cm³/mol. The molecule has 0 spiro atoms. The van der Waals surface area contributed by atoms with Gasteiger partial charge in [-0.1, -0.05) is 6.92 Å². The van der Waals surface area contributed by atoms with Crippen molar-refractivity contribution in [2.45, 2.75) is 32.2 Å². The lowest BCUT2D eigenvalue weighted by Gasteiger charge is -2.30. The van der Waals surface area contributed by atoms with Crippen LogP contribution in [-0.2, 0) is 11.2 Å². The Morgan fingerprint density at radius 2 is 2.29 bits per heavy atom. The molecule has 1 aliphatic rings. The molecule has 2 rings (SSSR count). The van der Waals surface area contributed by atoms with E-state index < -0.39 is 0 Å². The molecular formula is C13H20BrNOS. The van der Waals surface area contributed by atoms with Crippen LogP contribution in [0, 0.1) is 5.92 Å². The topological polar surface area (TPSA) is 21.3 Å². The van der Waals surface area contributed by atoms with Gasteiger partial charge < -0.3 is 10.1 Å². The van der Waals surface area contributed by atoms with Crippen LogP contribution in [-0.4, -0.2) is 25.8 Å². The van der Waals surface area contributed by atoms with Crippen LogP contribution >= 0.6 is 27.3 Å². The first-order chi connectivity index (χ1) is 8.29. The van der Waals surface area contributed by atoms with Gasteiger partial charge in [-0.05, 0) is 53.7 Å². The second kappa shape index (κ2) is 6.88. The van der Waals surface area contributed by atoms with Crippen molar-refractivity contribution in [2.24, 2.45) is 5.92 Å². The zero-order valence-electron chi connectivity index (χ0n) is 10.2. The van der Waals surface area contributed by atoms with E-state index in [2.05, 4.69) is 39.6 Å². The van der Waals surface area contributed by atoms with Gasteiger partial charge in [-0.3, -0.25) is 0 Å². The summed E-state index contributed by atoms with van der Waals surface area (Å²) in [5, 5.41) is 5.81. The van der Waals surface area contributed by atoms with E-state index in [0.29, 0.717) is 6.04 Å². The summed E-state index contributed by atoms with van der Waals surface area (Å²) in [7, 11) is 0. The Morgan fingerprint density at radius 1 is 1.53 bits per heavy atom. The van der Waals surface area contributed by atoms with Gasteiger partial charge in [0.25, 0.3) is 0 Å². The van der Waals surface area contributed by atoms with E-state index in [4.69, 9.17) is 4.74 Å². The normalized spacial score (nSPS) is 19.4.